The molecule has 0 aromatic heterocycles. The average Bonchev–Trinajstić information content (AvgIpc) is 3.01. The van der Waals surface area contributed by atoms with Crippen molar-refractivity contribution in [1.29, 1.82) is 0 Å². The van der Waals surface area contributed by atoms with Crippen molar-refractivity contribution in [1.82, 2.24) is 10.2 Å². The first-order valence-corrected chi connectivity index (χ1v) is 8.57. The largest absolute Gasteiger partial charge is 0.372 e. The van der Waals surface area contributed by atoms with E-state index in [4.69, 9.17) is 10.5 Å². The third-order valence-corrected chi connectivity index (χ3v) is 5.67. The molecule has 2 aliphatic heterocycles. The molecule has 1 amide bonds. The fourth-order valence-corrected chi connectivity index (χ4v) is 4.65. The third kappa shape index (κ3) is 2.96. The predicted molar refractivity (Wildman–Crippen MR) is 81.9 cm³/mol. The van der Waals surface area contributed by atoms with Gasteiger partial charge in [-0.05, 0) is 51.1 Å². The molecule has 1 aliphatic carbocycles. The number of nitrogens with zero attached hydrogens (tertiary/aromatic N) is 1. The van der Waals surface area contributed by atoms with Gasteiger partial charge < -0.3 is 15.8 Å². The summed E-state index contributed by atoms with van der Waals surface area (Å²) in [5.74, 6) is 0.226. The lowest BCUT2D eigenvalue weighted by atomic mass is 9.83. The Bertz CT molecular complexity index is 378. The first-order valence-electron chi connectivity index (χ1n) is 8.57. The van der Waals surface area contributed by atoms with E-state index in [0.29, 0.717) is 18.1 Å². The number of rotatable bonds is 6. The summed E-state index contributed by atoms with van der Waals surface area (Å²) in [5.41, 5.74) is 5.28. The van der Waals surface area contributed by atoms with E-state index >= 15 is 0 Å². The predicted octanol–water partition coefficient (Wildman–Crippen LogP) is 0.873. The van der Waals surface area contributed by atoms with Crippen LogP contribution in [0.15, 0.2) is 0 Å². The number of nitrogens with two attached hydrogens (primary N) is 1. The summed E-state index contributed by atoms with van der Waals surface area (Å²) in [6, 6.07) is 0. The number of likely N-dealkylation sites (tertiary alicyclic amines) is 1. The molecule has 0 aromatic carbocycles. The van der Waals surface area contributed by atoms with Gasteiger partial charge in [0.1, 0.15) is 5.54 Å². The van der Waals surface area contributed by atoms with E-state index < -0.39 is 5.54 Å². The summed E-state index contributed by atoms with van der Waals surface area (Å²) < 4.78 is 5.89. The van der Waals surface area contributed by atoms with Crippen molar-refractivity contribution < 1.29 is 9.53 Å². The number of likely N-dealkylation sites (N-methyl/N-ethyl adjacent to an activating group) is 1. The first-order chi connectivity index (χ1) is 10.1. The number of morpholine rings is 1. The van der Waals surface area contributed by atoms with Gasteiger partial charge in [-0.1, -0.05) is 13.3 Å². The molecule has 0 spiro atoms. The number of nitrogens with one attached hydrogen (secondary N) is 1. The first kappa shape index (κ1) is 15.3. The van der Waals surface area contributed by atoms with Gasteiger partial charge in [-0.2, -0.15) is 0 Å². The summed E-state index contributed by atoms with van der Waals surface area (Å²) in [5, 5.41) is 3.41. The molecule has 5 nitrogen and oxygen atoms in total. The maximum absolute atomic E-state index is 12.0. The molecule has 4 atom stereocenters. The third-order valence-electron chi connectivity index (χ3n) is 5.67. The standard InChI is InChI=1S/C16H29N3O2/c1-2-18-16(15(17)20)8-3-4-12(16)7-9-19-10-13-5-6-14(11-19)21-13/h12-14,18H,2-11H2,1H3,(H2,17,20). The monoisotopic (exact) mass is 295 g/mol. The van der Waals surface area contributed by atoms with Crippen LogP contribution in [0.1, 0.15) is 45.4 Å². The molecule has 2 bridgehead atoms. The van der Waals surface area contributed by atoms with Crippen molar-refractivity contribution in [2.75, 3.05) is 26.2 Å². The summed E-state index contributed by atoms with van der Waals surface area (Å²) >= 11 is 0. The van der Waals surface area contributed by atoms with E-state index in [1.165, 1.54) is 12.8 Å². The van der Waals surface area contributed by atoms with Crippen LogP contribution in [0.3, 0.4) is 0 Å². The molecule has 0 radical (unpaired) electrons. The molecule has 4 unspecified atom stereocenters. The van der Waals surface area contributed by atoms with E-state index in [0.717, 1.165) is 51.9 Å². The Morgan fingerprint density at radius 2 is 2.05 bits per heavy atom. The molecule has 5 heteroatoms. The van der Waals surface area contributed by atoms with E-state index in [9.17, 15) is 4.79 Å². The molecule has 1 saturated carbocycles. The maximum Gasteiger partial charge on any atom is 0.238 e. The summed E-state index contributed by atoms with van der Waals surface area (Å²) in [7, 11) is 0. The number of ether oxygens (including phenoxy) is 1. The number of carbonyl (C=O) groups excluding carboxylic acids is 1. The molecule has 3 N–H and O–H groups in total. The van der Waals surface area contributed by atoms with Crippen molar-refractivity contribution in [3.8, 4) is 0 Å². The van der Waals surface area contributed by atoms with E-state index in [1.54, 1.807) is 0 Å². The van der Waals surface area contributed by atoms with Gasteiger partial charge in [-0.15, -0.1) is 0 Å². The van der Waals surface area contributed by atoms with Crippen LogP contribution in [0.5, 0.6) is 0 Å². The topological polar surface area (TPSA) is 67.6 Å². The number of amides is 1. The van der Waals surface area contributed by atoms with Crippen LogP contribution < -0.4 is 11.1 Å². The minimum atomic E-state index is -0.458. The van der Waals surface area contributed by atoms with Crippen LogP contribution >= 0.6 is 0 Å². The number of carbonyl (C=O) groups is 1. The molecule has 2 saturated heterocycles. The Morgan fingerprint density at radius 3 is 2.67 bits per heavy atom. The Kier molecular flexibility index (Phi) is 4.52. The number of fused-ring (bicyclic) bond motifs is 2. The highest BCUT2D eigenvalue weighted by molar-refractivity contribution is 5.85. The zero-order valence-corrected chi connectivity index (χ0v) is 13.1. The zero-order valence-electron chi connectivity index (χ0n) is 13.1. The molecule has 3 fully saturated rings. The quantitative estimate of drug-likeness (QED) is 0.763. The van der Waals surface area contributed by atoms with Gasteiger partial charge in [-0.25, -0.2) is 0 Å². The second-order valence-corrected chi connectivity index (χ2v) is 6.96. The second kappa shape index (κ2) is 6.23. The number of primary amides is 1. The number of hydrogen-bond donors (Lipinski definition) is 2. The number of hydrogen-bond acceptors (Lipinski definition) is 4. The average molecular weight is 295 g/mol. The van der Waals surface area contributed by atoms with E-state index in [2.05, 4.69) is 17.1 Å². The smallest absolute Gasteiger partial charge is 0.238 e. The van der Waals surface area contributed by atoms with E-state index in [1.807, 2.05) is 0 Å². The molecule has 2 heterocycles. The molecule has 120 valence electrons. The highest BCUT2D eigenvalue weighted by Crippen LogP contribution is 2.38. The minimum Gasteiger partial charge on any atom is -0.372 e. The van der Waals surface area contributed by atoms with Gasteiger partial charge in [0.25, 0.3) is 0 Å². The Balaban J connectivity index is 1.57. The van der Waals surface area contributed by atoms with Crippen LogP contribution in [0.25, 0.3) is 0 Å². The highest BCUT2D eigenvalue weighted by atomic mass is 16.5. The normalized spacial score (nSPS) is 39.8. The Morgan fingerprint density at radius 1 is 1.33 bits per heavy atom. The van der Waals surface area contributed by atoms with Gasteiger partial charge in [0.05, 0.1) is 12.2 Å². The van der Waals surface area contributed by atoms with Gasteiger partial charge in [0.2, 0.25) is 5.91 Å². The lowest BCUT2D eigenvalue weighted by molar-refractivity contribution is -0.126. The van der Waals surface area contributed by atoms with Crippen LogP contribution in [0, 0.1) is 5.92 Å². The fraction of sp³-hybridized carbons (Fsp3) is 0.938. The van der Waals surface area contributed by atoms with Gasteiger partial charge in [0.15, 0.2) is 0 Å². The molecule has 3 aliphatic rings. The fourth-order valence-electron chi connectivity index (χ4n) is 4.65. The Hall–Kier alpha value is -0.650. The van der Waals surface area contributed by atoms with Gasteiger partial charge in [0, 0.05) is 13.1 Å². The second-order valence-electron chi connectivity index (χ2n) is 6.96. The van der Waals surface area contributed by atoms with Crippen LogP contribution in [-0.4, -0.2) is 54.7 Å². The summed E-state index contributed by atoms with van der Waals surface area (Å²) in [4.78, 5) is 14.5. The van der Waals surface area contributed by atoms with Crippen LogP contribution in [0.4, 0.5) is 0 Å². The van der Waals surface area contributed by atoms with Gasteiger partial charge >= 0.3 is 0 Å². The Labute approximate surface area is 127 Å². The maximum atomic E-state index is 12.0. The lowest BCUT2D eigenvalue weighted by Crippen LogP contribution is -2.58. The van der Waals surface area contributed by atoms with Crippen LogP contribution in [-0.2, 0) is 9.53 Å². The zero-order chi connectivity index (χ0) is 14.9. The van der Waals surface area contributed by atoms with E-state index in [-0.39, 0.29) is 5.91 Å². The van der Waals surface area contributed by atoms with Crippen molar-refractivity contribution in [2.45, 2.75) is 63.2 Å². The molecule has 3 rings (SSSR count). The molecular formula is C16H29N3O2. The molecular weight excluding hydrogens is 266 g/mol. The lowest BCUT2D eigenvalue weighted by Gasteiger charge is -2.36. The van der Waals surface area contributed by atoms with Crippen LogP contribution in [0.2, 0.25) is 0 Å². The van der Waals surface area contributed by atoms with Crippen molar-refractivity contribution in [2.24, 2.45) is 11.7 Å². The summed E-state index contributed by atoms with van der Waals surface area (Å²) in [6.07, 6.45) is 7.51. The molecule has 0 aromatic rings. The minimum absolute atomic E-state index is 0.158. The SMILES string of the molecule is CCNC1(C(N)=O)CCCC1CCN1CC2CCC(C1)O2. The van der Waals surface area contributed by atoms with Crippen molar-refractivity contribution in [3.63, 3.8) is 0 Å². The highest BCUT2D eigenvalue weighted by Gasteiger charge is 2.47. The molecule has 21 heavy (non-hydrogen) atoms. The van der Waals surface area contributed by atoms with Gasteiger partial charge in [-0.3, -0.25) is 9.69 Å². The van der Waals surface area contributed by atoms with Crippen molar-refractivity contribution in [3.05, 3.63) is 0 Å². The van der Waals surface area contributed by atoms with Crippen molar-refractivity contribution >= 4 is 5.91 Å². The summed E-state index contributed by atoms with van der Waals surface area (Å²) in [6.45, 7) is 6.06.